The molecule has 3 aromatic rings. The normalized spacial score (nSPS) is 10.5. The first-order chi connectivity index (χ1) is 12.2. The van der Waals surface area contributed by atoms with Crippen LogP contribution in [0.4, 0.5) is 5.95 Å². The summed E-state index contributed by atoms with van der Waals surface area (Å²) >= 11 is 6.38. The SMILES string of the molecule is COc1cc(CNc2ncn[nH]2)c(Cl)cc1OCc1ccc(C)cc1. The van der Waals surface area contributed by atoms with Crippen LogP contribution in [0.25, 0.3) is 0 Å². The first-order valence-corrected chi connectivity index (χ1v) is 8.17. The number of anilines is 1. The van der Waals surface area contributed by atoms with Gasteiger partial charge >= 0.3 is 0 Å². The predicted molar refractivity (Wildman–Crippen MR) is 97.2 cm³/mol. The Labute approximate surface area is 151 Å². The highest BCUT2D eigenvalue weighted by atomic mass is 35.5. The maximum atomic E-state index is 6.38. The molecule has 130 valence electrons. The fraction of sp³-hybridized carbons (Fsp3) is 0.222. The Bertz CT molecular complexity index is 820. The van der Waals surface area contributed by atoms with E-state index >= 15 is 0 Å². The van der Waals surface area contributed by atoms with Crippen molar-refractivity contribution in [2.45, 2.75) is 20.1 Å². The van der Waals surface area contributed by atoms with E-state index in [0.29, 0.717) is 35.6 Å². The summed E-state index contributed by atoms with van der Waals surface area (Å²) in [7, 11) is 1.61. The third kappa shape index (κ3) is 4.42. The second kappa shape index (κ2) is 7.90. The van der Waals surface area contributed by atoms with E-state index in [1.807, 2.05) is 18.2 Å². The van der Waals surface area contributed by atoms with Crippen LogP contribution in [0, 0.1) is 6.92 Å². The molecule has 0 aliphatic heterocycles. The summed E-state index contributed by atoms with van der Waals surface area (Å²) in [4.78, 5) is 4.01. The van der Waals surface area contributed by atoms with Crippen molar-refractivity contribution in [3.63, 3.8) is 0 Å². The van der Waals surface area contributed by atoms with Crippen molar-refractivity contribution in [2.24, 2.45) is 0 Å². The number of nitrogens with zero attached hydrogens (tertiary/aromatic N) is 2. The molecule has 25 heavy (non-hydrogen) atoms. The van der Waals surface area contributed by atoms with Crippen LogP contribution in [0.3, 0.4) is 0 Å². The number of hydrogen-bond acceptors (Lipinski definition) is 5. The summed E-state index contributed by atoms with van der Waals surface area (Å²) in [6.45, 7) is 2.99. The zero-order valence-corrected chi connectivity index (χ0v) is 14.8. The van der Waals surface area contributed by atoms with E-state index in [-0.39, 0.29) is 0 Å². The number of aromatic amines is 1. The predicted octanol–water partition coefficient (Wildman–Crippen LogP) is 3.97. The minimum atomic E-state index is 0.447. The van der Waals surface area contributed by atoms with Gasteiger partial charge in [-0.15, -0.1) is 0 Å². The molecule has 0 unspecified atom stereocenters. The summed E-state index contributed by atoms with van der Waals surface area (Å²) in [6, 6.07) is 11.8. The van der Waals surface area contributed by atoms with E-state index in [2.05, 4.69) is 39.6 Å². The maximum absolute atomic E-state index is 6.38. The Hall–Kier alpha value is -2.73. The number of H-pyrrole nitrogens is 1. The van der Waals surface area contributed by atoms with Gasteiger partial charge in [0.15, 0.2) is 11.5 Å². The van der Waals surface area contributed by atoms with Crippen LogP contribution >= 0.6 is 11.6 Å². The average Bonchev–Trinajstić information content (AvgIpc) is 3.14. The van der Waals surface area contributed by atoms with Crippen molar-refractivity contribution in [3.05, 3.63) is 64.4 Å². The fourth-order valence-corrected chi connectivity index (χ4v) is 2.52. The Morgan fingerprint density at radius 1 is 1.16 bits per heavy atom. The van der Waals surface area contributed by atoms with Gasteiger partial charge in [0.2, 0.25) is 5.95 Å². The number of aryl methyl sites for hydroxylation is 1. The molecule has 1 heterocycles. The Balaban J connectivity index is 1.71. The van der Waals surface area contributed by atoms with Crippen LogP contribution in [0.15, 0.2) is 42.7 Å². The molecule has 2 aromatic carbocycles. The van der Waals surface area contributed by atoms with Gasteiger partial charge in [-0.3, -0.25) is 0 Å². The molecule has 0 spiro atoms. The zero-order chi connectivity index (χ0) is 17.6. The molecule has 0 radical (unpaired) electrons. The first-order valence-electron chi connectivity index (χ1n) is 7.79. The van der Waals surface area contributed by atoms with Gasteiger partial charge in [0.05, 0.1) is 7.11 Å². The molecule has 0 saturated heterocycles. The molecule has 2 N–H and O–H groups in total. The Morgan fingerprint density at radius 3 is 2.64 bits per heavy atom. The molecular formula is C18H19ClN4O2. The van der Waals surface area contributed by atoms with E-state index < -0.39 is 0 Å². The Kier molecular flexibility index (Phi) is 5.40. The van der Waals surface area contributed by atoms with Gasteiger partial charge in [0.25, 0.3) is 0 Å². The van der Waals surface area contributed by atoms with Crippen molar-refractivity contribution < 1.29 is 9.47 Å². The number of ether oxygens (including phenoxy) is 2. The molecule has 0 atom stereocenters. The standard InChI is InChI=1S/C18H19ClN4O2/c1-12-3-5-13(6-4-12)10-25-17-8-15(19)14(7-16(17)24-2)9-20-18-21-11-22-23-18/h3-8,11H,9-10H2,1-2H3,(H2,20,21,22,23). The number of benzene rings is 2. The molecule has 0 fully saturated rings. The summed E-state index contributed by atoms with van der Waals surface area (Å²) < 4.78 is 11.3. The van der Waals surface area contributed by atoms with Crippen molar-refractivity contribution in [1.82, 2.24) is 15.2 Å². The van der Waals surface area contributed by atoms with Gasteiger partial charge in [0.1, 0.15) is 12.9 Å². The van der Waals surface area contributed by atoms with Crippen molar-refractivity contribution in [3.8, 4) is 11.5 Å². The van der Waals surface area contributed by atoms with Crippen LogP contribution in [0.2, 0.25) is 5.02 Å². The van der Waals surface area contributed by atoms with Gasteiger partial charge in [0, 0.05) is 17.6 Å². The lowest BCUT2D eigenvalue weighted by Gasteiger charge is -2.14. The van der Waals surface area contributed by atoms with Crippen LogP contribution in [0.5, 0.6) is 11.5 Å². The zero-order valence-electron chi connectivity index (χ0n) is 14.0. The molecule has 0 saturated carbocycles. The molecule has 0 aliphatic carbocycles. The van der Waals surface area contributed by atoms with E-state index in [4.69, 9.17) is 21.1 Å². The third-order valence-corrected chi connectivity index (χ3v) is 4.06. The fourth-order valence-electron chi connectivity index (χ4n) is 2.30. The second-order valence-electron chi connectivity index (χ2n) is 5.56. The summed E-state index contributed by atoms with van der Waals surface area (Å²) in [5.74, 6) is 1.82. The van der Waals surface area contributed by atoms with E-state index in [9.17, 15) is 0 Å². The number of methoxy groups -OCH3 is 1. The summed E-state index contributed by atoms with van der Waals surface area (Å²) in [5.41, 5.74) is 3.17. The molecule has 3 rings (SSSR count). The smallest absolute Gasteiger partial charge is 0.218 e. The minimum absolute atomic E-state index is 0.447. The van der Waals surface area contributed by atoms with Crippen LogP contribution in [0.1, 0.15) is 16.7 Å². The van der Waals surface area contributed by atoms with Crippen molar-refractivity contribution >= 4 is 17.5 Å². The van der Waals surface area contributed by atoms with Gasteiger partial charge in [-0.2, -0.15) is 5.10 Å². The second-order valence-corrected chi connectivity index (χ2v) is 5.96. The summed E-state index contributed by atoms with van der Waals surface area (Å²) in [5, 5.41) is 10.2. The Morgan fingerprint density at radius 2 is 1.96 bits per heavy atom. The topological polar surface area (TPSA) is 72.1 Å². The lowest BCUT2D eigenvalue weighted by atomic mass is 10.1. The van der Waals surface area contributed by atoms with Crippen LogP contribution < -0.4 is 14.8 Å². The van der Waals surface area contributed by atoms with E-state index in [1.54, 1.807) is 13.2 Å². The molecule has 0 amide bonds. The van der Waals surface area contributed by atoms with Crippen LogP contribution in [-0.2, 0) is 13.2 Å². The molecule has 0 bridgehead atoms. The first kappa shape index (κ1) is 17.1. The minimum Gasteiger partial charge on any atom is -0.493 e. The third-order valence-electron chi connectivity index (χ3n) is 3.71. The van der Waals surface area contributed by atoms with E-state index in [0.717, 1.165) is 11.1 Å². The number of halogens is 1. The molecule has 7 heteroatoms. The lowest BCUT2D eigenvalue weighted by Crippen LogP contribution is -2.04. The average molecular weight is 359 g/mol. The number of hydrogen-bond donors (Lipinski definition) is 2. The number of aromatic nitrogens is 3. The molecule has 6 nitrogen and oxygen atoms in total. The number of rotatable bonds is 7. The van der Waals surface area contributed by atoms with Crippen molar-refractivity contribution in [1.29, 1.82) is 0 Å². The maximum Gasteiger partial charge on any atom is 0.218 e. The van der Waals surface area contributed by atoms with Gasteiger partial charge < -0.3 is 14.8 Å². The molecule has 0 aliphatic rings. The van der Waals surface area contributed by atoms with Crippen molar-refractivity contribution in [2.75, 3.05) is 12.4 Å². The number of nitrogens with one attached hydrogen (secondary N) is 2. The van der Waals surface area contributed by atoms with Crippen LogP contribution in [-0.4, -0.2) is 22.3 Å². The van der Waals surface area contributed by atoms with Gasteiger partial charge in [-0.05, 0) is 24.1 Å². The lowest BCUT2D eigenvalue weighted by molar-refractivity contribution is 0.284. The molecular weight excluding hydrogens is 340 g/mol. The summed E-state index contributed by atoms with van der Waals surface area (Å²) in [6.07, 6.45) is 1.44. The molecule has 1 aromatic heterocycles. The van der Waals surface area contributed by atoms with Gasteiger partial charge in [-0.1, -0.05) is 41.4 Å². The highest BCUT2D eigenvalue weighted by molar-refractivity contribution is 6.31. The van der Waals surface area contributed by atoms with E-state index in [1.165, 1.54) is 11.9 Å². The quantitative estimate of drug-likeness (QED) is 0.668. The monoisotopic (exact) mass is 358 g/mol. The highest BCUT2D eigenvalue weighted by Gasteiger charge is 2.11. The largest absolute Gasteiger partial charge is 0.493 e. The highest BCUT2D eigenvalue weighted by Crippen LogP contribution is 2.34. The van der Waals surface area contributed by atoms with Gasteiger partial charge in [-0.25, -0.2) is 10.1 Å².